The van der Waals surface area contributed by atoms with Crippen LogP contribution in [0.25, 0.3) is 0 Å². The summed E-state index contributed by atoms with van der Waals surface area (Å²) < 4.78 is 1.01. The van der Waals surface area contributed by atoms with Crippen molar-refractivity contribution >= 4 is 33.4 Å². The first-order valence-electron chi connectivity index (χ1n) is 7.95. The third-order valence-electron chi connectivity index (χ3n) is 4.40. The predicted octanol–water partition coefficient (Wildman–Crippen LogP) is 4.22. The van der Waals surface area contributed by atoms with E-state index in [9.17, 15) is 9.59 Å². The highest BCUT2D eigenvalue weighted by molar-refractivity contribution is 9.10. The number of halogens is 1. The average Bonchev–Trinajstić information content (AvgIpc) is 2.51. The number of hydrogen-bond donors (Lipinski definition) is 2. The zero-order valence-corrected chi connectivity index (χ0v) is 15.0. The van der Waals surface area contributed by atoms with Gasteiger partial charge in [-0.15, -0.1) is 0 Å². The van der Waals surface area contributed by atoms with E-state index in [1.165, 1.54) is 6.92 Å². The highest BCUT2D eigenvalue weighted by Gasteiger charge is 2.40. The summed E-state index contributed by atoms with van der Waals surface area (Å²) in [7, 11) is 0. The zero-order chi connectivity index (χ0) is 17.2. The lowest BCUT2D eigenvalue weighted by molar-refractivity contribution is -0.114. The summed E-state index contributed by atoms with van der Waals surface area (Å²) in [4.78, 5) is 23.7. The molecule has 0 saturated heterocycles. The standard InChI is InChI=1S/C19H19BrN2O2/c1-13(23)21-17-8-6-14(7-9-17)18(24)22-19(10-3-11-19)15-4-2-5-16(20)12-15/h2,4-9,12H,3,10-11H2,1H3,(H,21,23)(H,22,24). The Balaban J connectivity index is 1.76. The normalized spacial score (nSPS) is 15.2. The number of anilines is 1. The fraction of sp³-hybridized carbons (Fsp3) is 0.263. The van der Waals surface area contributed by atoms with Gasteiger partial charge in [0.15, 0.2) is 0 Å². The molecule has 1 fully saturated rings. The quantitative estimate of drug-likeness (QED) is 0.826. The summed E-state index contributed by atoms with van der Waals surface area (Å²) in [6.45, 7) is 1.46. The summed E-state index contributed by atoms with van der Waals surface area (Å²) >= 11 is 3.50. The second-order valence-electron chi connectivity index (χ2n) is 6.16. The molecule has 5 heteroatoms. The Morgan fingerprint density at radius 2 is 1.79 bits per heavy atom. The molecular formula is C19H19BrN2O2. The molecule has 4 nitrogen and oxygen atoms in total. The Morgan fingerprint density at radius 3 is 2.33 bits per heavy atom. The molecule has 0 radical (unpaired) electrons. The molecule has 24 heavy (non-hydrogen) atoms. The van der Waals surface area contributed by atoms with Crippen LogP contribution in [0.15, 0.2) is 53.0 Å². The van der Waals surface area contributed by atoms with Crippen LogP contribution in [-0.2, 0) is 10.3 Å². The van der Waals surface area contributed by atoms with Crippen molar-refractivity contribution in [3.63, 3.8) is 0 Å². The zero-order valence-electron chi connectivity index (χ0n) is 13.4. The van der Waals surface area contributed by atoms with Crippen LogP contribution in [0.2, 0.25) is 0 Å². The van der Waals surface area contributed by atoms with E-state index in [2.05, 4.69) is 38.7 Å². The van der Waals surface area contributed by atoms with Crippen LogP contribution in [0.4, 0.5) is 5.69 Å². The summed E-state index contributed by atoms with van der Waals surface area (Å²) in [6.07, 6.45) is 2.99. The van der Waals surface area contributed by atoms with Crippen molar-refractivity contribution in [3.05, 3.63) is 64.1 Å². The van der Waals surface area contributed by atoms with Gasteiger partial charge in [-0.25, -0.2) is 0 Å². The second-order valence-corrected chi connectivity index (χ2v) is 7.07. The van der Waals surface area contributed by atoms with Crippen molar-refractivity contribution < 1.29 is 9.59 Å². The largest absolute Gasteiger partial charge is 0.343 e. The SMILES string of the molecule is CC(=O)Nc1ccc(C(=O)NC2(c3cccc(Br)c3)CCC2)cc1. The van der Waals surface area contributed by atoms with Crippen LogP contribution in [0.5, 0.6) is 0 Å². The molecule has 0 spiro atoms. The maximum atomic E-state index is 12.6. The average molecular weight is 387 g/mol. The molecule has 0 atom stereocenters. The van der Waals surface area contributed by atoms with Crippen molar-refractivity contribution in [3.8, 4) is 0 Å². The summed E-state index contributed by atoms with van der Waals surface area (Å²) in [6, 6.07) is 15.0. The smallest absolute Gasteiger partial charge is 0.251 e. The molecule has 0 heterocycles. The first-order valence-corrected chi connectivity index (χ1v) is 8.74. The van der Waals surface area contributed by atoms with Gasteiger partial charge >= 0.3 is 0 Å². The van der Waals surface area contributed by atoms with Crippen molar-refractivity contribution in [1.29, 1.82) is 0 Å². The maximum absolute atomic E-state index is 12.6. The predicted molar refractivity (Wildman–Crippen MR) is 97.9 cm³/mol. The van der Waals surface area contributed by atoms with Crippen LogP contribution < -0.4 is 10.6 Å². The molecule has 2 amide bonds. The molecule has 1 aliphatic rings. The molecule has 0 unspecified atom stereocenters. The minimum absolute atomic E-state index is 0.0935. The number of carbonyl (C=O) groups excluding carboxylic acids is 2. The molecule has 2 N–H and O–H groups in total. The molecule has 1 aliphatic carbocycles. The molecule has 124 valence electrons. The number of amides is 2. The highest BCUT2D eigenvalue weighted by Crippen LogP contribution is 2.42. The van der Waals surface area contributed by atoms with E-state index in [0.717, 1.165) is 29.3 Å². The van der Waals surface area contributed by atoms with Gasteiger partial charge in [0.1, 0.15) is 0 Å². The van der Waals surface area contributed by atoms with Gasteiger partial charge in [0.25, 0.3) is 5.91 Å². The lowest BCUT2D eigenvalue weighted by Gasteiger charge is -2.43. The van der Waals surface area contributed by atoms with Gasteiger partial charge in [-0.2, -0.15) is 0 Å². The van der Waals surface area contributed by atoms with Crippen molar-refractivity contribution in [1.82, 2.24) is 5.32 Å². The van der Waals surface area contributed by atoms with Gasteiger partial charge < -0.3 is 10.6 Å². The Bertz CT molecular complexity index is 767. The Kier molecular flexibility index (Phi) is 4.71. The van der Waals surface area contributed by atoms with Gasteiger partial charge in [-0.1, -0.05) is 28.1 Å². The summed E-state index contributed by atoms with van der Waals surface area (Å²) in [5.41, 5.74) is 2.12. The topological polar surface area (TPSA) is 58.2 Å². The molecular weight excluding hydrogens is 368 g/mol. The van der Waals surface area contributed by atoms with E-state index in [1.807, 2.05) is 12.1 Å². The minimum atomic E-state index is -0.281. The minimum Gasteiger partial charge on any atom is -0.343 e. The monoisotopic (exact) mass is 386 g/mol. The lowest BCUT2D eigenvalue weighted by Crippen LogP contribution is -2.50. The fourth-order valence-electron chi connectivity index (χ4n) is 3.00. The Labute approximate surface area is 149 Å². The number of hydrogen-bond acceptors (Lipinski definition) is 2. The van der Waals surface area contributed by atoms with Gasteiger partial charge in [0.2, 0.25) is 5.91 Å². The van der Waals surface area contributed by atoms with E-state index in [4.69, 9.17) is 0 Å². The Hall–Kier alpha value is -2.14. The summed E-state index contributed by atoms with van der Waals surface area (Å²) in [5.74, 6) is -0.223. The van der Waals surface area contributed by atoms with E-state index < -0.39 is 0 Å². The number of nitrogens with one attached hydrogen (secondary N) is 2. The van der Waals surface area contributed by atoms with E-state index in [1.54, 1.807) is 24.3 Å². The molecule has 2 aromatic rings. The first-order chi connectivity index (χ1) is 11.5. The van der Waals surface area contributed by atoms with Crippen molar-refractivity contribution in [2.75, 3.05) is 5.32 Å². The highest BCUT2D eigenvalue weighted by atomic mass is 79.9. The van der Waals surface area contributed by atoms with Crippen LogP contribution >= 0.6 is 15.9 Å². The van der Waals surface area contributed by atoms with Gasteiger partial charge in [0, 0.05) is 22.6 Å². The molecule has 3 rings (SSSR count). The van der Waals surface area contributed by atoms with Crippen molar-refractivity contribution in [2.45, 2.75) is 31.7 Å². The van der Waals surface area contributed by atoms with E-state index in [0.29, 0.717) is 11.3 Å². The fourth-order valence-corrected chi connectivity index (χ4v) is 3.40. The number of carbonyl (C=O) groups is 2. The van der Waals surface area contributed by atoms with Gasteiger partial charge in [-0.3, -0.25) is 9.59 Å². The van der Waals surface area contributed by atoms with Crippen LogP contribution in [0.1, 0.15) is 42.1 Å². The van der Waals surface area contributed by atoms with E-state index in [-0.39, 0.29) is 17.4 Å². The Morgan fingerprint density at radius 1 is 1.08 bits per heavy atom. The lowest BCUT2D eigenvalue weighted by atomic mass is 9.71. The van der Waals surface area contributed by atoms with Crippen molar-refractivity contribution in [2.24, 2.45) is 0 Å². The number of benzene rings is 2. The second kappa shape index (κ2) is 6.77. The maximum Gasteiger partial charge on any atom is 0.251 e. The third kappa shape index (κ3) is 3.51. The molecule has 0 bridgehead atoms. The van der Waals surface area contributed by atoms with Gasteiger partial charge in [0.05, 0.1) is 5.54 Å². The van der Waals surface area contributed by atoms with E-state index >= 15 is 0 Å². The van der Waals surface area contributed by atoms with Gasteiger partial charge in [-0.05, 0) is 61.2 Å². The van der Waals surface area contributed by atoms with Crippen LogP contribution in [0.3, 0.4) is 0 Å². The van der Waals surface area contributed by atoms with Crippen LogP contribution in [-0.4, -0.2) is 11.8 Å². The van der Waals surface area contributed by atoms with Crippen LogP contribution in [0, 0.1) is 0 Å². The third-order valence-corrected chi connectivity index (χ3v) is 4.90. The molecule has 0 aliphatic heterocycles. The first kappa shape index (κ1) is 16.7. The number of rotatable bonds is 4. The summed E-state index contributed by atoms with van der Waals surface area (Å²) in [5, 5.41) is 5.90. The molecule has 2 aromatic carbocycles. The molecule has 1 saturated carbocycles. The molecule has 0 aromatic heterocycles.